The van der Waals surface area contributed by atoms with Gasteiger partial charge in [-0.1, -0.05) is 30.3 Å². The van der Waals surface area contributed by atoms with Gasteiger partial charge in [0, 0.05) is 18.2 Å². The maximum Gasteiger partial charge on any atom is 0.170 e. The molecule has 2 unspecified atom stereocenters. The number of benzene rings is 1. The van der Waals surface area contributed by atoms with Gasteiger partial charge in [0.1, 0.15) is 0 Å². The van der Waals surface area contributed by atoms with Crippen LogP contribution in [0.4, 0.5) is 0 Å². The average Bonchev–Trinajstić information content (AvgIpc) is 3.02. The molecule has 1 aromatic carbocycles. The molecule has 16 heavy (non-hydrogen) atoms. The van der Waals surface area contributed by atoms with Crippen molar-refractivity contribution in [3.8, 4) is 0 Å². The van der Waals surface area contributed by atoms with Gasteiger partial charge in [-0.2, -0.15) is 0 Å². The van der Waals surface area contributed by atoms with E-state index in [2.05, 4.69) is 17.4 Å². The standard InChI is InChI=1S/C12H17N3O/c1-8-5-11(8)14-7-9-3-2-4-10(6-9)12(13)15-16/h2-4,6,8,11,14,16H,5,7H2,1H3,(H2,13,15). The van der Waals surface area contributed by atoms with Gasteiger partial charge in [0.05, 0.1) is 0 Å². The fourth-order valence-electron chi connectivity index (χ4n) is 1.75. The highest BCUT2D eigenvalue weighted by Gasteiger charge is 2.31. The van der Waals surface area contributed by atoms with Crippen molar-refractivity contribution in [2.75, 3.05) is 0 Å². The van der Waals surface area contributed by atoms with Crippen molar-refractivity contribution < 1.29 is 5.21 Å². The number of nitrogens with zero attached hydrogens (tertiary/aromatic N) is 1. The minimum absolute atomic E-state index is 0.154. The quantitative estimate of drug-likeness (QED) is 0.309. The first-order chi connectivity index (χ1) is 7.70. The van der Waals surface area contributed by atoms with Crippen LogP contribution < -0.4 is 11.1 Å². The van der Waals surface area contributed by atoms with E-state index in [0.29, 0.717) is 6.04 Å². The summed E-state index contributed by atoms with van der Waals surface area (Å²) >= 11 is 0. The van der Waals surface area contributed by atoms with Crippen molar-refractivity contribution in [3.05, 3.63) is 35.4 Å². The molecule has 0 amide bonds. The number of rotatable bonds is 4. The highest BCUT2D eigenvalue weighted by atomic mass is 16.4. The van der Waals surface area contributed by atoms with Gasteiger partial charge < -0.3 is 16.3 Å². The van der Waals surface area contributed by atoms with Gasteiger partial charge in [-0.3, -0.25) is 0 Å². The first-order valence-electron chi connectivity index (χ1n) is 5.51. The molecule has 0 saturated heterocycles. The summed E-state index contributed by atoms with van der Waals surface area (Å²) in [6.45, 7) is 3.08. The van der Waals surface area contributed by atoms with E-state index in [1.54, 1.807) is 0 Å². The summed E-state index contributed by atoms with van der Waals surface area (Å²) in [4.78, 5) is 0. The van der Waals surface area contributed by atoms with Gasteiger partial charge in [-0.15, -0.1) is 0 Å². The second-order valence-electron chi connectivity index (χ2n) is 4.39. The molecule has 4 nitrogen and oxygen atoms in total. The molecule has 1 aliphatic carbocycles. The molecule has 1 aromatic rings. The SMILES string of the molecule is CC1CC1NCc1cccc(C(N)=NO)c1. The molecular formula is C12H17N3O. The molecule has 4 heteroatoms. The van der Waals surface area contributed by atoms with Crippen LogP contribution in [0.15, 0.2) is 29.4 Å². The number of nitrogens with two attached hydrogens (primary N) is 1. The van der Waals surface area contributed by atoms with E-state index >= 15 is 0 Å². The third-order valence-corrected chi connectivity index (χ3v) is 3.01. The number of amidine groups is 1. The maximum atomic E-state index is 8.59. The van der Waals surface area contributed by atoms with Crippen LogP contribution in [-0.2, 0) is 6.54 Å². The fraction of sp³-hybridized carbons (Fsp3) is 0.417. The molecule has 0 bridgehead atoms. The molecule has 4 N–H and O–H groups in total. The van der Waals surface area contributed by atoms with Crippen LogP contribution in [0, 0.1) is 5.92 Å². The number of hydrogen-bond acceptors (Lipinski definition) is 3. The van der Waals surface area contributed by atoms with E-state index in [0.717, 1.165) is 23.6 Å². The molecule has 1 aliphatic rings. The molecule has 86 valence electrons. The van der Waals surface area contributed by atoms with Gasteiger partial charge >= 0.3 is 0 Å². The lowest BCUT2D eigenvalue weighted by Gasteiger charge is -2.05. The van der Waals surface area contributed by atoms with E-state index in [-0.39, 0.29) is 5.84 Å². The highest BCUT2D eigenvalue weighted by Crippen LogP contribution is 2.29. The lowest BCUT2D eigenvalue weighted by atomic mass is 10.1. The van der Waals surface area contributed by atoms with E-state index in [9.17, 15) is 0 Å². The zero-order valence-corrected chi connectivity index (χ0v) is 9.35. The first-order valence-corrected chi connectivity index (χ1v) is 5.51. The van der Waals surface area contributed by atoms with E-state index in [1.165, 1.54) is 6.42 Å². The number of oxime groups is 1. The molecule has 0 spiro atoms. The van der Waals surface area contributed by atoms with Crippen molar-refractivity contribution in [2.45, 2.75) is 25.9 Å². The van der Waals surface area contributed by atoms with E-state index in [4.69, 9.17) is 10.9 Å². The predicted octanol–water partition coefficient (Wildman–Crippen LogP) is 1.28. The Kier molecular flexibility index (Phi) is 3.10. The Hall–Kier alpha value is -1.55. The summed E-state index contributed by atoms with van der Waals surface area (Å²) in [7, 11) is 0. The third kappa shape index (κ3) is 2.52. The average molecular weight is 219 g/mol. The van der Waals surface area contributed by atoms with E-state index < -0.39 is 0 Å². The summed E-state index contributed by atoms with van der Waals surface area (Å²) < 4.78 is 0. The predicted molar refractivity (Wildman–Crippen MR) is 63.4 cm³/mol. The third-order valence-electron chi connectivity index (χ3n) is 3.01. The number of hydrogen-bond donors (Lipinski definition) is 3. The zero-order chi connectivity index (χ0) is 11.5. The van der Waals surface area contributed by atoms with Crippen molar-refractivity contribution in [1.29, 1.82) is 0 Å². The van der Waals surface area contributed by atoms with Crippen LogP contribution in [0.3, 0.4) is 0 Å². The summed E-state index contributed by atoms with van der Waals surface area (Å²) in [5, 5.41) is 15.0. The largest absolute Gasteiger partial charge is 0.409 e. The van der Waals surface area contributed by atoms with Crippen molar-refractivity contribution in [3.63, 3.8) is 0 Å². The second-order valence-corrected chi connectivity index (χ2v) is 4.39. The van der Waals surface area contributed by atoms with Gasteiger partial charge in [-0.25, -0.2) is 0 Å². The Morgan fingerprint density at radius 3 is 3.00 bits per heavy atom. The summed E-state index contributed by atoms with van der Waals surface area (Å²) in [5.74, 6) is 0.953. The Morgan fingerprint density at radius 1 is 1.62 bits per heavy atom. The first kappa shape index (κ1) is 11.0. The van der Waals surface area contributed by atoms with Crippen LogP contribution >= 0.6 is 0 Å². The molecule has 0 heterocycles. The molecule has 0 aromatic heterocycles. The molecule has 2 rings (SSSR count). The van der Waals surface area contributed by atoms with Crippen molar-refractivity contribution in [2.24, 2.45) is 16.8 Å². The summed E-state index contributed by atoms with van der Waals surface area (Å²) in [5.41, 5.74) is 7.44. The lowest BCUT2D eigenvalue weighted by Crippen LogP contribution is -2.18. The van der Waals surface area contributed by atoms with Gasteiger partial charge in [0.25, 0.3) is 0 Å². The van der Waals surface area contributed by atoms with Gasteiger partial charge in [-0.05, 0) is 24.0 Å². The Balaban J connectivity index is 1.98. The normalized spacial score (nSPS) is 24.4. The minimum atomic E-state index is 0.154. The zero-order valence-electron chi connectivity index (χ0n) is 9.35. The van der Waals surface area contributed by atoms with Gasteiger partial charge in [0.2, 0.25) is 0 Å². The van der Waals surface area contributed by atoms with Crippen LogP contribution in [0.5, 0.6) is 0 Å². The molecule has 0 aliphatic heterocycles. The van der Waals surface area contributed by atoms with Gasteiger partial charge in [0.15, 0.2) is 5.84 Å². The summed E-state index contributed by atoms with van der Waals surface area (Å²) in [6.07, 6.45) is 1.26. The Labute approximate surface area is 95.1 Å². The highest BCUT2D eigenvalue weighted by molar-refractivity contribution is 5.97. The lowest BCUT2D eigenvalue weighted by molar-refractivity contribution is 0.318. The molecule has 1 fully saturated rings. The van der Waals surface area contributed by atoms with E-state index in [1.807, 2.05) is 24.3 Å². The molecule has 1 saturated carbocycles. The Morgan fingerprint density at radius 2 is 2.38 bits per heavy atom. The molecular weight excluding hydrogens is 202 g/mol. The van der Waals surface area contributed by atoms with Crippen molar-refractivity contribution >= 4 is 5.84 Å². The van der Waals surface area contributed by atoms with Crippen LogP contribution in [-0.4, -0.2) is 17.1 Å². The summed E-state index contributed by atoms with van der Waals surface area (Å²) in [6, 6.07) is 8.38. The van der Waals surface area contributed by atoms with Crippen LogP contribution in [0.2, 0.25) is 0 Å². The minimum Gasteiger partial charge on any atom is -0.409 e. The second kappa shape index (κ2) is 4.53. The Bertz CT molecular complexity index is 403. The van der Waals surface area contributed by atoms with Crippen molar-refractivity contribution in [1.82, 2.24) is 5.32 Å². The monoisotopic (exact) mass is 219 g/mol. The smallest absolute Gasteiger partial charge is 0.170 e. The van der Waals surface area contributed by atoms with Crippen LogP contribution in [0.25, 0.3) is 0 Å². The maximum absolute atomic E-state index is 8.59. The fourth-order valence-corrected chi connectivity index (χ4v) is 1.75. The molecule has 0 radical (unpaired) electrons. The number of nitrogens with one attached hydrogen (secondary N) is 1. The molecule has 2 atom stereocenters. The topological polar surface area (TPSA) is 70.6 Å². The van der Waals surface area contributed by atoms with Crippen LogP contribution in [0.1, 0.15) is 24.5 Å².